The first-order valence-corrected chi connectivity index (χ1v) is 13.1. The molecule has 1 atom stereocenters. The Morgan fingerprint density at radius 2 is 2.00 bits per heavy atom. The second-order valence-electron chi connectivity index (χ2n) is 7.92. The number of hydrogen-bond donors (Lipinski definition) is 2. The number of aromatic amines is 1. The third-order valence-electron chi connectivity index (χ3n) is 5.87. The Balaban J connectivity index is 1.28. The maximum atomic E-state index is 12.8. The number of benzene rings is 2. The van der Waals surface area contributed by atoms with Crippen molar-refractivity contribution >= 4 is 39.9 Å². The Morgan fingerprint density at radius 3 is 2.85 bits per heavy atom. The van der Waals surface area contributed by atoms with E-state index in [2.05, 4.69) is 75.4 Å². The van der Waals surface area contributed by atoms with Crippen LogP contribution in [-0.4, -0.2) is 38.0 Å². The number of aromatic nitrogens is 4. The molecular weight excluding hydrogens is 462 g/mol. The fourth-order valence-corrected chi connectivity index (χ4v) is 5.76. The van der Waals surface area contributed by atoms with Gasteiger partial charge in [0.15, 0.2) is 5.16 Å². The second kappa shape index (κ2) is 10.3. The van der Waals surface area contributed by atoms with Crippen molar-refractivity contribution in [2.75, 3.05) is 12.3 Å². The first-order valence-electron chi connectivity index (χ1n) is 11.2. The van der Waals surface area contributed by atoms with E-state index >= 15 is 0 Å². The number of carbonyl (C=O) groups is 1. The second-order valence-corrected chi connectivity index (χ2v) is 9.84. The Labute approximate surface area is 206 Å². The Hall–Kier alpha value is -3.36. The normalized spacial score (nSPS) is 12.1. The summed E-state index contributed by atoms with van der Waals surface area (Å²) in [6.07, 6.45) is 4.68. The van der Waals surface area contributed by atoms with Crippen molar-refractivity contribution in [1.29, 1.82) is 0 Å². The van der Waals surface area contributed by atoms with Crippen molar-refractivity contribution in [3.8, 4) is 5.69 Å². The summed E-state index contributed by atoms with van der Waals surface area (Å²) in [6.45, 7) is 2.66. The Morgan fingerprint density at radius 1 is 1.15 bits per heavy atom. The smallest absolute Gasteiger partial charge is 0.230 e. The molecule has 5 aromatic rings. The summed E-state index contributed by atoms with van der Waals surface area (Å²) < 4.78 is 1.96. The lowest BCUT2D eigenvalue weighted by molar-refractivity contribution is -0.118. The average Bonchev–Trinajstić information content (AvgIpc) is 3.64. The van der Waals surface area contributed by atoms with E-state index in [1.807, 2.05) is 28.8 Å². The highest BCUT2D eigenvalue weighted by Gasteiger charge is 2.20. The first-order chi connectivity index (χ1) is 16.7. The SMILES string of the molecule is CCc1ccccc1-n1cnnc1SCC(=O)NCC(c1cccs1)c1c[nH]c2ccccc12. The average molecular weight is 488 g/mol. The van der Waals surface area contributed by atoms with Gasteiger partial charge < -0.3 is 10.3 Å². The molecule has 34 heavy (non-hydrogen) atoms. The Bertz CT molecular complexity index is 1390. The zero-order valence-electron chi connectivity index (χ0n) is 18.8. The van der Waals surface area contributed by atoms with Crippen LogP contribution in [0.3, 0.4) is 0 Å². The van der Waals surface area contributed by atoms with E-state index in [9.17, 15) is 4.79 Å². The predicted octanol–water partition coefficient (Wildman–Crippen LogP) is 5.41. The lowest BCUT2D eigenvalue weighted by Crippen LogP contribution is -2.30. The molecule has 1 amide bonds. The number of hydrogen-bond acceptors (Lipinski definition) is 5. The molecule has 3 aromatic heterocycles. The fraction of sp³-hybridized carbons (Fsp3) is 0.192. The molecule has 8 heteroatoms. The topological polar surface area (TPSA) is 75.6 Å². The first kappa shape index (κ1) is 22.4. The monoisotopic (exact) mass is 487 g/mol. The molecule has 172 valence electrons. The van der Waals surface area contributed by atoms with Crippen LogP contribution in [0, 0.1) is 0 Å². The number of aryl methyl sites for hydroxylation is 1. The molecule has 0 aliphatic heterocycles. The van der Waals surface area contributed by atoms with E-state index in [4.69, 9.17) is 0 Å². The van der Waals surface area contributed by atoms with Crippen molar-refractivity contribution in [3.05, 3.63) is 94.6 Å². The van der Waals surface area contributed by atoms with Crippen LogP contribution in [0.2, 0.25) is 0 Å². The number of para-hydroxylation sites is 2. The van der Waals surface area contributed by atoms with Crippen LogP contribution in [0.25, 0.3) is 16.6 Å². The fourth-order valence-electron chi connectivity index (χ4n) is 4.17. The minimum absolute atomic E-state index is 0.0234. The minimum atomic E-state index is -0.0234. The summed E-state index contributed by atoms with van der Waals surface area (Å²) in [5.41, 5.74) is 4.57. The van der Waals surface area contributed by atoms with Crippen molar-refractivity contribution in [2.24, 2.45) is 0 Å². The van der Waals surface area contributed by atoms with Gasteiger partial charge in [-0.15, -0.1) is 21.5 Å². The largest absolute Gasteiger partial charge is 0.361 e. The molecule has 0 aliphatic rings. The highest BCUT2D eigenvalue weighted by molar-refractivity contribution is 7.99. The molecule has 2 N–H and O–H groups in total. The van der Waals surface area contributed by atoms with Crippen LogP contribution in [0.1, 0.15) is 28.8 Å². The van der Waals surface area contributed by atoms with Gasteiger partial charge in [-0.1, -0.05) is 61.2 Å². The van der Waals surface area contributed by atoms with Crippen molar-refractivity contribution in [3.63, 3.8) is 0 Å². The molecule has 0 fully saturated rings. The molecule has 0 bridgehead atoms. The summed E-state index contributed by atoms with van der Waals surface area (Å²) in [4.78, 5) is 17.4. The molecule has 0 spiro atoms. The van der Waals surface area contributed by atoms with Gasteiger partial charge in [-0.25, -0.2) is 0 Å². The maximum absolute atomic E-state index is 12.8. The van der Waals surface area contributed by atoms with E-state index in [1.165, 1.54) is 33.2 Å². The number of nitrogens with one attached hydrogen (secondary N) is 2. The lowest BCUT2D eigenvalue weighted by Gasteiger charge is -2.16. The summed E-state index contributed by atoms with van der Waals surface area (Å²) in [6, 6.07) is 20.7. The zero-order valence-corrected chi connectivity index (χ0v) is 20.4. The van der Waals surface area contributed by atoms with Crippen molar-refractivity contribution in [2.45, 2.75) is 24.4 Å². The standard InChI is InChI=1S/C26H25N5OS2/c1-2-18-8-3-6-11-23(18)31-17-29-30-26(31)34-16-25(32)28-15-21(24-12-7-13-33-24)20-14-27-22-10-5-4-9-19(20)22/h3-14,17,21,27H,2,15-16H2,1H3,(H,28,32). The molecule has 5 rings (SSSR count). The van der Waals surface area contributed by atoms with Crippen LogP contribution in [0.15, 0.2) is 83.7 Å². The molecule has 6 nitrogen and oxygen atoms in total. The van der Waals surface area contributed by atoms with Gasteiger partial charge in [0, 0.05) is 34.4 Å². The van der Waals surface area contributed by atoms with Gasteiger partial charge in [-0.3, -0.25) is 9.36 Å². The maximum Gasteiger partial charge on any atom is 0.230 e. The number of rotatable bonds is 9. The van der Waals surface area contributed by atoms with E-state index in [0.29, 0.717) is 11.7 Å². The molecule has 0 saturated heterocycles. The number of thiophene rings is 1. The molecule has 0 saturated carbocycles. The number of amides is 1. The van der Waals surface area contributed by atoms with Gasteiger partial charge in [0.1, 0.15) is 6.33 Å². The number of carbonyl (C=O) groups excluding carboxylic acids is 1. The van der Waals surface area contributed by atoms with Gasteiger partial charge in [0.25, 0.3) is 0 Å². The predicted molar refractivity (Wildman–Crippen MR) is 139 cm³/mol. The summed E-state index contributed by atoms with van der Waals surface area (Å²) in [5, 5.41) is 15.4. The van der Waals surface area contributed by atoms with E-state index in [-0.39, 0.29) is 17.6 Å². The van der Waals surface area contributed by atoms with Gasteiger partial charge in [-0.2, -0.15) is 0 Å². The third-order valence-corrected chi connectivity index (χ3v) is 7.80. The number of H-pyrrole nitrogens is 1. The third kappa shape index (κ3) is 4.64. The summed E-state index contributed by atoms with van der Waals surface area (Å²) in [5.74, 6) is 0.341. The molecule has 0 aliphatic carbocycles. The van der Waals surface area contributed by atoms with Crippen molar-refractivity contribution < 1.29 is 4.79 Å². The zero-order chi connectivity index (χ0) is 23.3. The quantitative estimate of drug-likeness (QED) is 0.273. The summed E-state index contributed by atoms with van der Waals surface area (Å²) >= 11 is 3.11. The highest BCUT2D eigenvalue weighted by Crippen LogP contribution is 2.33. The lowest BCUT2D eigenvalue weighted by atomic mass is 9.96. The molecule has 1 unspecified atom stereocenters. The van der Waals surface area contributed by atoms with Gasteiger partial charge in [0.2, 0.25) is 5.91 Å². The van der Waals surface area contributed by atoms with Crippen molar-refractivity contribution in [1.82, 2.24) is 25.1 Å². The highest BCUT2D eigenvalue weighted by atomic mass is 32.2. The van der Waals surface area contributed by atoms with Gasteiger partial charge in [-0.05, 0) is 41.1 Å². The Kier molecular flexibility index (Phi) is 6.78. The number of thioether (sulfide) groups is 1. The molecule has 2 aromatic carbocycles. The van der Waals surface area contributed by atoms with Crippen LogP contribution in [-0.2, 0) is 11.2 Å². The van der Waals surface area contributed by atoms with Crippen LogP contribution >= 0.6 is 23.1 Å². The van der Waals surface area contributed by atoms with E-state index in [0.717, 1.165) is 17.6 Å². The van der Waals surface area contributed by atoms with Crippen LogP contribution in [0.5, 0.6) is 0 Å². The van der Waals surface area contributed by atoms with Crippen LogP contribution < -0.4 is 5.32 Å². The van der Waals surface area contributed by atoms with Gasteiger partial charge >= 0.3 is 0 Å². The molecule has 0 radical (unpaired) electrons. The van der Waals surface area contributed by atoms with E-state index in [1.54, 1.807) is 17.7 Å². The number of fused-ring (bicyclic) bond motifs is 1. The minimum Gasteiger partial charge on any atom is -0.361 e. The summed E-state index contributed by atoms with van der Waals surface area (Å²) in [7, 11) is 0. The number of nitrogens with zero attached hydrogens (tertiary/aromatic N) is 3. The molecule has 3 heterocycles. The van der Waals surface area contributed by atoms with Gasteiger partial charge in [0.05, 0.1) is 11.4 Å². The molecular formula is C26H25N5OS2. The van der Waals surface area contributed by atoms with Crippen LogP contribution in [0.4, 0.5) is 0 Å². The van der Waals surface area contributed by atoms with E-state index < -0.39 is 0 Å².